The molecule has 0 aliphatic rings. The maximum Gasteiger partial charge on any atom is 0.126 e. The van der Waals surface area contributed by atoms with Crippen LogP contribution in [0.15, 0.2) is 102 Å². The van der Waals surface area contributed by atoms with Crippen molar-refractivity contribution in [2.24, 2.45) is 0 Å². The van der Waals surface area contributed by atoms with E-state index in [1.54, 1.807) is 18.3 Å². The fraction of sp³-hybridized carbons (Fsp3) is 0.0667. The topological polar surface area (TPSA) is 38.9 Å². The Kier molecular flexibility index (Phi) is 5.54. The maximum absolute atomic E-state index is 8.15. The summed E-state index contributed by atoms with van der Waals surface area (Å²) in [7, 11) is 0. The monoisotopic (exact) mass is 624 g/mol. The first kappa shape index (κ1) is 17.8. The van der Waals surface area contributed by atoms with Crippen molar-refractivity contribution in [2.75, 3.05) is 0 Å². The summed E-state index contributed by atoms with van der Waals surface area (Å²) in [6.45, 7) is -0.499. The third-order valence-corrected chi connectivity index (χ3v) is 5.17. The Morgan fingerprint density at radius 1 is 0.882 bits per heavy atom. The molecule has 3 aromatic heterocycles. The number of rotatable bonds is 2. The zero-order valence-electron chi connectivity index (χ0n) is 23.2. The van der Waals surface area contributed by atoms with Gasteiger partial charge in [-0.05, 0) is 47.7 Å². The minimum Gasteiger partial charge on any atom is -0.476 e. The Labute approximate surface area is 219 Å². The Bertz CT molecular complexity index is 1700. The maximum atomic E-state index is 8.15. The van der Waals surface area contributed by atoms with Crippen molar-refractivity contribution >= 4 is 21.9 Å². The van der Waals surface area contributed by atoms with Gasteiger partial charge in [-0.15, -0.1) is 53.6 Å². The van der Waals surface area contributed by atoms with Crippen molar-refractivity contribution < 1.29 is 31.4 Å². The number of pyridine rings is 2. The molecule has 0 atom stereocenters. The molecular formula is C30H22IrN2O-2. The van der Waals surface area contributed by atoms with Crippen LogP contribution in [-0.4, -0.2) is 9.97 Å². The van der Waals surface area contributed by atoms with Gasteiger partial charge in [-0.25, -0.2) is 0 Å². The van der Waals surface area contributed by atoms with Crippen LogP contribution in [0.2, 0.25) is 0 Å². The van der Waals surface area contributed by atoms with Crippen molar-refractivity contribution in [1.82, 2.24) is 9.97 Å². The van der Waals surface area contributed by atoms with Crippen molar-refractivity contribution in [3.8, 4) is 22.5 Å². The van der Waals surface area contributed by atoms with Gasteiger partial charge in [0.1, 0.15) is 5.58 Å². The van der Waals surface area contributed by atoms with Crippen molar-refractivity contribution in [1.29, 1.82) is 0 Å². The fourth-order valence-electron chi connectivity index (χ4n) is 3.54. The second-order valence-electron chi connectivity index (χ2n) is 7.44. The Morgan fingerprint density at radius 2 is 1.79 bits per heavy atom. The first-order valence-electron chi connectivity index (χ1n) is 12.9. The van der Waals surface area contributed by atoms with Crippen molar-refractivity contribution in [2.45, 2.75) is 13.8 Å². The molecule has 0 amide bonds. The summed E-state index contributed by atoms with van der Waals surface area (Å²) in [5, 5.41) is 1.89. The minimum absolute atomic E-state index is 0. The van der Waals surface area contributed by atoms with Gasteiger partial charge >= 0.3 is 0 Å². The molecule has 6 aromatic rings. The minimum atomic E-state index is -2.47. The third kappa shape index (κ3) is 4.99. The first-order chi connectivity index (χ1) is 18.2. The summed E-state index contributed by atoms with van der Waals surface area (Å²) in [4.78, 5) is 8.33. The zero-order valence-corrected chi connectivity index (χ0v) is 20.6. The average Bonchev–Trinajstić information content (AvgIpc) is 3.30. The molecule has 1 radical (unpaired) electrons. The molecule has 169 valence electrons. The van der Waals surface area contributed by atoms with Gasteiger partial charge in [0.15, 0.2) is 0 Å². The quantitative estimate of drug-likeness (QED) is 0.187. The number of fused-ring (bicyclic) bond motifs is 3. The zero-order chi connectivity index (χ0) is 26.9. The van der Waals surface area contributed by atoms with E-state index in [2.05, 4.69) is 22.1 Å². The summed E-state index contributed by atoms with van der Waals surface area (Å²) in [5.41, 5.74) is 4.94. The van der Waals surface area contributed by atoms with Crippen molar-refractivity contribution in [3.63, 3.8) is 0 Å². The molecule has 0 aliphatic carbocycles. The molecule has 0 fully saturated rings. The van der Waals surface area contributed by atoms with Crippen LogP contribution in [0.1, 0.15) is 18.0 Å². The predicted octanol–water partition coefficient (Wildman–Crippen LogP) is 7.61. The second-order valence-corrected chi connectivity index (χ2v) is 7.44. The number of furan rings is 1. The largest absolute Gasteiger partial charge is 0.476 e. The molecule has 0 aliphatic heterocycles. The number of hydrogen-bond donors (Lipinski definition) is 0. The van der Waals surface area contributed by atoms with E-state index < -0.39 is 6.85 Å². The molecule has 3 heterocycles. The third-order valence-electron chi connectivity index (χ3n) is 5.17. The standard InChI is InChI=1S/C19H14NO.C11H8N.Ir/c1-12-6-9-17(20-11-12)14-7-8-15-16-5-3-4-13(2)19(16)21-18(15)10-14;1-2-6-10(7-3-1)11-8-4-5-9-12-11;/h3-6,8-11H,1-2H3;1-6,8-9H;/q2*-1;/i1D3,6D,9D;;. The second kappa shape index (κ2) is 10.6. The molecule has 0 spiro atoms. The van der Waals surface area contributed by atoms with Crippen LogP contribution in [-0.2, 0) is 20.1 Å². The molecular weight excluding hydrogens is 597 g/mol. The van der Waals surface area contributed by atoms with Crippen LogP contribution in [0, 0.1) is 25.9 Å². The summed E-state index contributed by atoms with van der Waals surface area (Å²) < 4.78 is 44.4. The number of aromatic nitrogens is 2. The summed E-state index contributed by atoms with van der Waals surface area (Å²) in [5.74, 6) is 0. The average molecular weight is 624 g/mol. The summed E-state index contributed by atoms with van der Waals surface area (Å²) >= 11 is 0. The predicted molar refractivity (Wildman–Crippen MR) is 134 cm³/mol. The van der Waals surface area contributed by atoms with Crippen LogP contribution in [0.4, 0.5) is 0 Å². The SMILES string of the molecule is [2H]c1c(C([2H])([2H])[2H])cnc(-c2[c-]cc3c(c2)oc2c(C)cccc23)c1[2H].[Ir].[c-]1ccccc1-c1ccccn1. The number of hydrogen-bond acceptors (Lipinski definition) is 3. The van der Waals surface area contributed by atoms with Gasteiger partial charge in [-0.2, -0.15) is 0 Å². The van der Waals surface area contributed by atoms with E-state index >= 15 is 0 Å². The summed E-state index contributed by atoms with van der Waals surface area (Å²) in [6, 6.07) is 28.7. The summed E-state index contributed by atoms with van der Waals surface area (Å²) in [6.07, 6.45) is 2.93. The molecule has 6 rings (SSSR count). The van der Waals surface area contributed by atoms with Gasteiger partial charge in [0.2, 0.25) is 0 Å². The van der Waals surface area contributed by atoms with Gasteiger partial charge in [0, 0.05) is 36.6 Å². The molecule has 34 heavy (non-hydrogen) atoms. The smallest absolute Gasteiger partial charge is 0.126 e. The van der Waals surface area contributed by atoms with Gasteiger partial charge in [0.25, 0.3) is 0 Å². The molecule has 4 heteroatoms. The number of benzene rings is 3. The number of nitrogens with zero attached hydrogens (tertiary/aromatic N) is 2. The van der Waals surface area contributed by atoms with E-state index in [9.17, 15) is 0 Å². The van der Waals surface area contributed by atoms with E-state index in [0.29, 0.717) is 11.1 Å². The number of aryl methyl sites for hydroxylation is 2. The molecule has 3 aromatic carbocycles. The van der Waals surface area contributed by atoms with E-state index in [1.807, 2.05) is 67.6 Å². The van der Waals surface area contributed by atoms with E-state index in [-0.39, 0.29) is 43.4 Å². The molecule has 0 N–H and O–H groups in total. The van der Waals surface area contributed by atoms with Crippen molar-refractivity contribution in [3.05, 3.63) is 121 Å². The molecule has 0 bridgehead atoms. The Morgan fingerprint density at radius 3 is 2.59 bits per heavy atom. The first-order valence-corrected chi connectivity index (χ1v) is 10.4. The van der Waals surface area contributed by atoms with Gasteiger partial charge < -0.3 is 14.4 Å². The fourth-order valence-corrected chi connectivity index (χ4v) is 3.54. The Balaban J connectivity index is 0.000000228. The van der Waals surface area contributed by atoms with Crippen LogP contribution in [0.5, 0.6) is 0 Å². The van der Waals surface area contributed by atoms with Crippen LogP contribution in [0.25, 0.3) is 44.5 Å². The van der Waals surface area contributed by atoms with Crippen LogP contribution >= 0.6 is 0 Å². The molecule has 0 saturated heterocycles. The van der Waals surface area contributed by atoms with Crippen LogP contribution < -0.4 is 0 Å². The van der Waals surface area contributed by atoms with E-state index in [4.69, 9.17) is 11.3 Å². The molecule has 0 saturated carbocycles. The van der Waals surface area contributed by atoms with E-state index in [0.717, 1.165) is 39.4 Å². The Hall–Kier alpha value is -3.59. The molecule has 0 unspecified atom stereocenters. The van der Waals surface area contributed by atoms with E-state index in [1.165, 1.54) is 0 Å². The van der Waals surface area contributed by atoms with Gasteiger partial charge in [0.05, 0.1) is 8.32 Å². The molecule has 3 nitrogen and oxygen atoms in total. The van der Waals surface area contributed by atoms with Gasteiger partial charge in [-0.3, -0.25) is 0 Å². The van der Waals surface area contributed by atoms with Crippen LogP contribution in [0.3, 0.4) is 0 Å². The number of para-hydroxylation sites is 1. The van der Waals surface area contributed by atoms with Gasteiger partial charge in [-0.1, -0.05) is 53.9 Å². The normalized spacial score (nSPS) is 12.9.